The van der Waals surface area contributed by atoms with E-state index in [-0.39, 0.29) is 0 Å². The lowest BCUT2D eigenvalue weighted by Gasteiger charge is -2.37. The van der Waals surface area contributed by atoms with Gasteiger partial charge in [-0.1, -0.05) is 6.07 Å². The number of anilines is 2. The smallest absolute Gasteiger partial charge is 0.296 e. The number of nitrogens with two attached hydrogens (primary N) is 1. The molecule has 0 unspecified atom stereocenters. The molecule has 98 valence electrons. The molecule has 2 rings (SSSR count). The first-order valence-corrected chi connectivity index (χ1v) is 5.86. The molecule has 0 aliphatic heterocycles. The molecule has 0 saturated carbocycles. The highest BCUT2D eigenvalue weighted by molar-refractivity contribution is 5.86. The largest absolute Gasteiger partial charge is 0.423 e. The zero-order valence-electron chi connectivity index (χ0n) is 11.1. The van der Waals surface area contributed by atoms with Gasteiger partial charge in [-0.2, -0.15) is 4.98 Å². The number of nitrogens with one attached hydrogen (secondary N) is 1. The van der Waals surface area contributed by atoms with Gasteiger partial charge in [-0.3, -0.25) is 0 Å². The van der Waals surface area contributed by atoms with Gasteiger partial charge in [0, 0.05) is 0 Å². The SMILES string of the molecule is CC(C)(O)C(C)(C)Nc1nc2c(N)cccc2o1. The molecule has 0 aliphatic carbocycles. The van der Waals surface area contributed by atoms with Crippen molar-refractivity contribution in [2.75, 3.05) is 11.1 Å². The summed E-state index contributed by atoms with van der Waals surface area (Å²) in [6.45, 7) is 7.23. The van der Waals surface area contributed by atoms with Crippen molar-refractivity contribution in [3.05, 3.63) is 18.2 Å². The minimum atomic E-state index is -0.917. The summed E-state index contributed by atoms with van der Waals surface area (Å²) < 4.78 is 5.57. The lowest BCUT2D eigenvalue weighted by atomic mass is 9.86. The molecular formula is C13H19N3O2. The molecule has 4 N–H and O–H groups in total. The molecule has 0 saturated heterocycles. The number of nitrogens with zero attached hydrogens (tertiary/aromatic N) is 1. The fourth-order valence-electron chi connectivity index (χ4n) is 1.44. The summed E-state index contributed by atoms with van der Waals surface area (Å²) in [5.41, 5.74) is 6.16. The van der Waals surface area contributed by atoms with Crippen LogP contribution in [0.5, 0.6) is 0 Å². The van der Waals surface area contributed by atoms with Gasteiger partial charge in [-0.15, -0.1) is 0 Å². The molecule has 0 aliphatic rings. The number of rotatable bonds is 3. The van der Waals surface area contributed by atoms with Crippen molar-refractivity contribution in [1.82, 2.24) is 4.98 Å². The highest BCUT2D eigenvalue weighted by atomic mass is 16.4. The van der Waals surface area contributed by atoms with Crippen LogP contribution in [0.4, 0.5) is 11.7 Å². The van der Waals surface area contributed by atoms with Crippen LogP contribution in [0.2, 0.25) is 0 Å². The number of para-hydroxylation sites is 1. The van der Waals surface area contributed by atoms with Crippen molar-refractivity contribution < 1.29 is 9.52 Å². The summed E-state index contributed by atoms with van der Waals surface area (Å²) in [4.78, 5) is 4.30. The Kier molecular flexibility index (Phi) is 2.74. The van der Waals surface area contributed by atoms with E-state index in [1.165, 1.54) is 0 Å². The van der Waals surface area contributed by atoms with E-state index in [0.29, 0.717) is 22.8 Å². The van der Waals surface area contributed by atoms with Gasteiger partial charge in [-0.25, -0.2) is 0 Å². The minimum Gasteiger partial charge on any atom is -0.423 e. The number of hydrogen-bond donors (Lipinski definition) is 3. The van der Waals surface area contributed by atoms with Gasteiger partial charge in [0.1, 0.15) is 5.52 Å². The molecule has 5 nitrogen and oxygen atoms in total. The van der Waals surface area contributed by atoms with Gasteiger partial charge in [0.05, 0.1) is 16.8 Å². The van der Waals surface area contributed by atoms with E-state index in [9.17, 15) is 5.11 Å². The Morgan fingerprint density at radius 1 is 1.28 bits per heavy atom. The molecule has 5 heteroatoms. The molecule has 1 aromatic carbocycles. The van der Waals surface area contributed by atoms with E-state index < -0.39 is 11.1 Å². The van der Waals surface area contributed by atoms with Gasteiger partial charge in [-0.05, 0) is 39.8 Å². The van der Waals surface area contributed by atoms with E-state index in [1.54, 1.807) is 26.0 Å². The first-order valence-electron chi connectivity index (χ1n) is 5.86. The van der Waals surface area contributed by atoms with Gasteiger partial charge < -0.3 is 20.6 Å². The Morgan fingerprint density at radius 2 is 1.94 bits per heavy atom. The first kappa shape index (κ1) is 12.7. The van der Waals surface area contributed by atoms with Crippen LogP contribution in [0.1, 0.15) is 27.7 Å². The Morgan fingerprint density at radius 3 is 2.50 bits per heavy atom. The molecular weight excluding hydrogens is 230 g/mol. The van der Waals surface area contributed by atoms with E-state index in [2.05, 4.69) is 10.3 Å². The van der Waals surface area contributed by atoms with Crippen LogP contribution in [-0.4, -0.2) is 21.2 Å². The third-order valence-corrected chi connectivity index (χ3v) is 3.40. The summed E-state index contributed by atoms with van der Waals surface area (Å²) in [5, 5.41) is 13.2. The number of hydrogen-bond acceptors (Lipinski definition) is 5. The maximum absolute atomic E-state index is 10.1. The molecule has 0 bridgehead atoms. The number of aromatic nitrogens is 1. The van der Waals surface area contributed by atoms with Crippen molar-refractivity contribution in [3.8, 4) is 0 Å². The monoisotopic (exact) mass is 249 g/mol. The number of nitrogen functional groups attached to an aromatic ring is 1. The Labute approximate surface area is 106 Å². The van der Waals surface area contributed by atoms with Crippen LogP contribution in [-0.2, 0) is 0 Å². The highest BCUT2D eigenvalue weighted by Gasteiger charge is 2.36. The summed E-state index contributed by atoms with van der Waals surface area (Å²) >= 11 is 0. The average Bonchev–Trinajstić information content (AvgIpc) is 2.59. The van der Waals surface area contributed by atoms with Crippen molar-refractivity contribution in [2.45, 2.75) is 38.8 Å². The summed E-state index contributed by atoms with van der Waals surface area (Å²) in [6.07, 6.45) is 0. The lowest BCUT2D eigenvalue weighted by molar-refractivity contribution is 0.0230. The molecule has 0 atom stereocenters. The lowest BCUT2D eigenvalue weighted by Crippen LogP contribution is -2.51. The molecule has 0 fully saturated rings. The second-order valence-electron chi connectivity index (χ2n) is 5.52. The van der Waals surface area contributed by atoms with Crippen LogP contribution in [0.25, 0.3) is 11.1 Å². The molecule has 0 spiro atoms. The fraction of sp³-hybridized carbons (Fsp3) is 0.462. The Balaban J connectivity index is 2.36. The normalized spacial score (nSPS) is 12.9. The van der Waals surface area contributed by atoms with Crippen LogP contribution in [0.15, 0.2) is 22.6 Å². The predicted octanol–water partition coefficient (Wildman–Crippen LogP) is 2.37. The number of oxazole rings is 1. The van der Waals surface area contributed by atoms with Crippen LogP contribution in [0, 0.1) is 0 Å². The van der Waals surface area contributed by atoms with E-state index >= 15 is 0 Å². The van der Waals surface area contributed by atoms with Crippen molar-refractivity contribution >= 4 is 22.8 Å². The van der Waals surface area contributed by atoms with E-state index in [4.69, 9.17) is 10.2 Å². The Bertz CT molecular complexity index is 567. The molecule has 0 amide bonds. The quantitative estimate of drug-likeness (QED) is 0.727. The third-order valence-electron chi connectivity index (χ3n) is 3.40. The molecule has 0 radical (unpaired) electrons. The van der Waals surface area contributed by atoms with Crippen molar-refractivity contribution in [1.29, 1.82) is 0 Å². The molecule has 1 aromatic heterocycles. The Hall–Kier alpha value is -1.75. The van der Waals surface area contributed by atoms with Gasteiger partial charge >= 0.3 is 0 Å². The van der Waals surface area contributed by atoms with Crippen molar-refractivity contribution in [2.24, 2.45) is 0 Å². The van der Waals surface area contributed by atoms with Gasteiger partial charge in [0.15, 0.2) is 5.58 Å². The predicted molar refractivity (Wildman–Crippen MR) is 72.4 cm³/mol. The number of aliphatic hydroxyl groups is 1. The first-order chi connectivity index (χ1) is 8.21. The summed E-state index contributed by atoms with van der Waals surface area (Å²) in [7, 11) is 0. The van der Waals surface area contributed by atoms with Crippen molar-refractivity contribution in [3.63, 3.8) is 0 Å². The van der Waals surface area contributed by atoms with Gasteiger partial charge in [0.25, 0.3) is 6.01 Å². The molecule has 2 aromatic rings. The maximum Gasteiger partial charge on any atom is 0.296 e. The second kappa shape index (κ2) is 3.88. The number of benzene rings is 1. The zero-order valence-corrected chi connectivity index (χ0v) is 11.1. The summed E-state index contributed by atoms with van der Waals surface area (Å²) in [6, 6.07) is 5.75. The third kappa shape index (κ3) is 2.13. The van der Waals surface area contributed by atoms with Crippen LogP contribution in [0.3, 0.4) is 0 Å². The average molecular weight is 249 g/mol. The molecule has 1 heterocycles. The van der Waals surface area contributed by atoms with E-state index in [1.807, 2.05) is 19.9 Å². The van der Waals surface area contributed by atoms with E-state index in [0.717, 1.165) is 0 Å². The number of fused-ring (bicyclic) bond motifs is 1. The standard InChI is InChI=1S/C13H19N3O2/c1-12(2,13(3,4)17)16-11-15-10-8(14)6-5-7-9(10)18-11/h5-7,17H,14H2,1-4H3,(H,15,16). The fourth-order valence-corrected chi connectivity index (χ4v) is 1.44. The zero-order chi connectivity index (χ0) is 13.6. The van der Waals surface area contributed by atoms with Crippen LogP contribution < -0.4 is 11.1 Å². The summed E-state index contributed by atoms with van der Waals surface area (Å²) in [5.74, 6) is 0. The minimum absolute atomic E-state index is 0.357. The topological polar surface area (TPSA) is 84.3 Å². The maximum atomic E-state index is 10.1. The highest BCUT2D eigenvalue weighted by Crippen LogP contribution is 2.29. The van der Waals surface area contributed by atoms with Crippen LogP contribution >= 0.6 is 0 Å². The van der Waals surface area contributed by atoms with Gasteiger partial charge in [0.2, 0.25) is 0 Å². The molecule has 18 heavy (non-hydrogen) atoms. The second-order valence-corrected chi connectivity index (χ2v) is 5.52.